The number of aromatic amines is 1. The minimum Gasteiger partial charge on any atom is -0.497 e. The number of fused-ring (bicyclic) bond motifs is 1. The van der Waals surface area contributed by atoms with Gasteiger partial charge in [-0.1, -0.05) is 39.8 Å². The molecule has 0 fully saturated rings. The van der Waals surface area contributed by atoms with Gasteiger partial charge in [0.1, 0.15) is 5.75 Å². The van der Waals surface area contributed by atoms with Gasteiger partial charge in [0.25, 0.3) is 0 Å². The Hall–Kier alpha value is -1.99. The summed E-state index contributed by atoms with van der Waals surface area (Å²) >= 11 is 4.79. The minimum absolute atomic E-state index is 0.0292. The lowest BCUT2D eigenvalue weighted by molar-refractivity contribution is -0.119. The predicted molar refractivity (Wildman–Crippen MR) is 104 cm³/mol. The average Bonchev–Trinajstić information content (AvgIpc) is 3.02. The number of rotatable bonds is 6. The molecule has 2 N–H and O–H groups in total. The summed E-state index contributed by atoms with van der Waals surface area (Å²) < 4.78 is 6.22. The fourth-order valence-electron chi connectivity index (χ4n) is 2.41. The summed E-state index contributed by atoms with van der Waals surface area (Å²) in [5, 5.41) is 3.72. The molecule has 0 saturated heterocycles. The molecule has 1 amide bonds. The predicted octanol–water partition coefficient (Wildman–Crippen LogP) is 4.30. The van der Waals surface area contributed by atoms with Crippen molar-refractivity contribution in [2.24, 2.45) is 0 Å². The van der Waals surface area contributed by atoms with Gasteiger partial charge in [0, 0.05) is 10.5 Å². The highest BCUT2D eigenvalue weighted by molar-refractivity contribution is 9.10. The standard InChI is InChI=1S/C18H18BrN3O2S/c1-11(12-3-5-13(19)6-4-12)20-17(23)10-25-18-21-15-8-7-14(24-2)9-16(15)22-18/h3-9,11H,10H2,1-2H3,(H,20,23)(H,21,22). The maximum absolute atomic E-state index is 12.2. The van der Waals surface area contributed by atoms with E-state index in [2.05, 4.69) is 31.2 Å². The van der Waals surface area contributed by atoms with Gasteiger partial charge in [-0.15, -0.1) is 0 Å². The summed E-state index contributed by atoms with van der Waals surface area (Å²) in [5.41, 5.74) is 2.81. The molecule has 3 rings (SSSR count). The minimum atomic E-state index is -0.0406. The highest BCUT2D eigenvalue weighted by Gasteiger charge is 2.11. The van der Waals surface area contributed by atoms with Crippen molar-refractivity contribution in [1.29, 1.82) is 0 Å². The first-order valence-electron chi connectivity index (χ1n) is 7.76. The van der Waals surface area contributed by atoms with Crippen molar-refractivity contribution in [1.82, 2.24) is 15.3 Å². The molecule has 1 heterocycles. The summed E-state index contributed by atoms with van der Waals surface area (Å²) in [5.74, 6) is 1.05. The molecule has 0 aliphatic rings. The number of H-pyrrole nitrogens is 1. The third kappa shape index (κ3) is 4.55. The highest BCUT2D eigenvalue weighted by atomic mass is 79.9. The van der Waals surface area contributed by atoms with Crippen LogP contribution in [0.3, 0.4) is 0 Å². The number of benzene rings is 2. The summed E-state index contributed by atoms with van der Waals surface area (Å²) in [6.07, 6.45) is 0. The number of nitrogens with zero attached hydrogens (tertiary/aromatic N) is 1. The molecule has 0 bridgehead atoms. The Bertz CT molecular complexity index is 880. The van der Waals surface area contributed by atoms with Crippen LogP contribution < -0.4 is 10.1 Å². The zero-order valence-electron chi connectivity index (χ0n) is 13.9. The van der Waals surface area contributed by atoms with Gasteiger partial charge in [0.05, 0.1) is 29.9 Å². The molecular weight excluding hydrogens is 402 g/mol. The smallest absolute Gasteiger partial charge is 0.230 e. The molecule has 1 aromatic heterocycles. The number of carbonyl (C=O) groups is 1. The van der Waals surface area contributed by atoms with Gasteiger partial charge < -0.3 is 15.0 Å². The molecule has 5 nitrogen and oxygen atoms in total. The number of nitrogens with one attached hydrogen (secondary N) is 2. The van der Waals surface area contributed by atoms with Gasteiger partial charge in [-0.3, -0.25) is 4.79 Å². The average molecular weight is 420 g/mol. The second kappa shape index (κ2) is 7.93. The van der Waals surface area contributed by atoms with Crippen molar-refractivity contribution in [2.45, 2.75) is 18.1 Å². The van der Waals surface area contributed by atoms with E-state index >= 15 is 0 Å². The first kappa shape index (κ1) is 17.8. The molecule has 1 atom stereocenters. The second-order valence-electron chi connectivity index (χ2n) is 5.55. The number of hydrogen-bond donors (Lipinski definition) is 2. The van der Waals surface area contributed by atoms with Crippen molar-refractivity contribution in [3.05, 3.63) is 52.5 Å². The molecule has 25 heavy (non-hydrogen) atoms. The lowest BCUT2D eigenvalue weighted by Crippen LogP contribution is -2.28. The summed E-state index contributed by atoms with van der Waals surface area (Å²) in [4.78, 5) is 19.9. The van der Waals surface area contributed by atoms with E-state index in [4.69, 9.17) is 4.74 Å². The molecule has 0 saturated carbocycles. The summed E-state index contributed by atoms with van der Waals surface area (Å²) in [7, 11) is 1.63. The van der Waals surface area contributed by atoms with Crippen molar-refractivity contribution in [3.8, 4) is 5.75 Å². The van der Waals surface area contributed by atoms with Crippen LogP contribution in [-0.2, 0) is 4.79 Å². The Kier molecular flexibility index (Phi) is 5.65. The van der Waals surface area contributed by atoms with E-state index in [0.717, 1.165) is 32.0 Å². The van der Waals surface area contributed by atoms with E-state index in [0.29, 0.717) is 5.75 Å². The van der Waals surface area contributed by atoms with E-state index in [9.17, 15) is 4.79 Å². The quantitative estimate of drug-likeness (QED) is 0.584. The SMILES string of the molecule is COc1ccc2nc(SCC(=O)NC(C)c3ccc(Br)cc3)[nH]c2c1. The van der Waals surface area contributed by atoms with Gasteiger partial charge in [-0.05, 0) is 36.8 Å². The fraction of sp³-hybridized carbons (Fsp3) is 0.222. The van der Waals surface area contributed by atoms with Crippen LogP contribution in [0.5, 0.6) is 5.75 Å². The molecule has 1 unspecified atom stereocenters. The van der Waals surface area contributed by atoms with Gasteiger partial charge in [0.15, 0.2) is 5.16 Å². The van der Waals surface area contributed by atoms with Crippen LogP contribution in [0.15, 0.2) is 52.1 Å². The van der Waals surface area contributed by atoms with E-state index in [1.165, 1.54) is 11.8 Å². The molecular formula is C18H18BrN3O2S. The Morgan fingerprint density at radius 2 is 2.08 bits per heavy atom. The van der Waals surface area contributed by atoms with Crippen LogP contribution in [0.25, 0.3) is 11.0 Å². The third-order valence-electron chi connectivity index (χ3n) is 3.75. The topological polar surface area (TPSA) is 67.0 Å². The monoisotopic (exact) mass is 419 g/mol. The molecule has 0 aliphatic carbocycles. The van der Waals surface area contributed by atoms with E-state index in [-0.39, 0.29) is 11.9 Å². The Morgan fingerprint density at radius 3 is 2.80 bits per heavy atom. The largest absolute Gasteiger partial charge is 0.497 e. The molecule has 7 heteroatoms. The van der Waals surface area contributed by atoms with Gasteiger partial charge in [-0.25, -0.2) is 4.98 Å². The summed E-state index contributed by atoms with van der Waals surface area (Å²) in [6, 6.07) is 13.5. The van der Waals surface area contributed by atoms with Crippen LogP contribution in [0.2, 0.25) is 0 Å². The zero-order chi connectivity index (χ0) is 17.8. The maximum Gasteiger partial charge on any atom is 0.230 e. The lowest BCUT2D eigenvalue weighted by Gasteiger charge is -2.14. The van der Waals surface area contributed by atoms with Crippen molar-refractivity contribution in [3.63, 3.8) is 0 Å². The van der Waals surface area contributed by atoms with E-state index < -0.39 is 0 Å². The van der Waals surface area contributed by atoms with Crippen molar-refractivity contribution < 1.29 is 9.53 Å². The van der Waals surface area contributed by atoms with Crippen molar-refractivity contribution in [2.75, 3.05) is 12.9 Å². The first-order valence-corrected chi connectivity index (χ1v) is 9.54. The molecule has 3 aromatic rings. The van der Waals surface area contributed by atoms with E-state index in [1.54, 1.807) is 7.11 Å². The Morgan fingerprint density at radius 1 is 1.32 bits per heavy atom. The number of hydrogen-bond acceptors (Lipinski definition) is 4. The number of halogens is 1. The number of imidazole rings is 1. The third-order valence-corrected chi connectivity index (χ3v) is 5.16. The number of aromatic nitrogens is 2. The number of ether oxygens (including phenoxy) is 1. The van der Waals surface area contributed by atoms with Crippen LogP contribution in [0, 0.1) is 0 Å². The molecule has 0 radical (unpaired) electrons. The van der Waals surface area contributed by atoms with E-state index in [1.807, 2.05) is 49.4 Å². The molecule has 130 valence electrons. The first-order chi connectivity index (χ1) is 12.0. The molecule has 2 aromatic carbocycles. The normalized spacial score (nSPS) is 12.1. The Balaban J connectivity index is 1.57. The lowest BCUT2D eigenvalue weighted by atomic mass is 10.1. The Labute approximate surface area is 158 Å². The number of amides is 1. The van der Waals surface area contributed by atoms with Crippen LogP contribution in [-0.4, -0.2) is 28.7 Å². The number of methoxy groups -OCH3 is 1. The van der Waals surface area contributed by atoms with Crippen LogP contribution >= 0.6 is 27.7 Å². The van der Waals surface area contributed by atoms with Crippen LogP contribution in [0.4, 0.5) is 0 Å². The highest BCUT2D eigenvalue weighted by Crippen LogP contribution is 2.23. The number of carbonyl (C=O) groups excluding carboxylic acids is 1. The zero-order valence-corrected chi connectivity index (χ0v) is 16.3. The molecule has 0 spiro atoms. The van der Waals surface area contributed by atoms with Gasteiger partial charge >= 0.3 is 0 Å². The maximum atomic E-state index is 12.2. The second-order valence-corrected chi connectivity index (χ2v) is 7.43. The fourth-order valence-corrected chi connectivity index (χ4v) is 3.37. The van der Waals surface area contributed by atoms with Crippen LogP contribution in [0.1, 0.15) is 18.5 Å². The van der Waals surface area contributed by atoms with Crippen molar-refractivity contribution >= 4 is 44.6 Å². The summed E-state index contributed by atoms with van der Waals surface area (Å²) in [6.45, 7) is 1.97. The van der Waals surface area contributed by atoms with Gasteiger partial charge in [0.2, 0.25) is 5.91 Å². The number of thioether (sulfide) groups is 1. The molecule has 0 aliphatic heterocycles. The van der Waals surface area contributed by atoms with Gasteiger partial charge in [-0.2, -0.15) is 0 Å².